The van der Waals surface area contributed by atoms with E-state index in [-0.39, 0.29) is 23.8 Å². The average molecular weight is 338 g/mol. The van der Waals surface area contributed by atoms with Crippen molar-refractivity contribution in [1.29, 1.82) is 0 Å². The first-order valence-electron chi connectivity index (χ1n) is 8.61. The lowest BCUT2D eigenvalue weighted by atomic mass is 9.95. The summed E-state index contributed by atoms with van der Waals surface area (Å²) in [6, 6.07) is 16.8. The molecule has 2 N–H and O–H groups in total. The lowest BCUT2D eigenvalue weighted by Gasteiger charge is -2.26. The van der Waals surface area contributed by atoms with Crippen molar-refractivity contribution in [2.75, 3.05) is 5.32 Å². The Labute approximate surface area is 149 Å². The number of carbonyl (C=O) groups is 2. The number of benzene rings is 2. The minimum Gasteiger partial charge on any atom is -0.325 e. The lowest BCUT2D eigenvalue weighted by molar-refractivity contribution is -0.118. The van der Waals surface area contributed by atoms with Gasteiger partial charge in [0.05, 0.1) is 6.04 Å². The maximum Gasteiger partial charge on any atom is 0.241 e. The highest BCUT2D eigenvalue weighted by Gasteiger charge is 2.21. The van der Waals surface area contributed by atoms with Gasteiger partial charge in [-0.2, -0.15) is 0 Å². The maximum atomic E-state index is 12.5. The van der Waals surface area contributed by atoms with Crippen molar-refractivity contribution in [2.45, 2.75) is 39.8 Å². The van der Waals surface area contributed by atoms with Crippen LogP contribution >= 0.6 is 0 Å². The summed E-state index contributed by atoms with van der Waals surface area (Å²) in [6.07, 6.45) is 0. The first-order chi connectivity index (χ1) is 11.9. The second-order valence-electron chi connectivity index (χ2n) is 6.64. The Balaban J connectivity index is 2.02. The van der Waals surface area contributed by atoms with E-state index in [1.54, 1.807) is 24.3 Å². The summed E-state index contributed by atoms with van der Waals surface area (Å²) in [6.45, 7) is 7.65. The van der Waals surface area contributed by atoms with Crippen LogP contribution in [0, 0.1) is 5.92 Å². The number of hydrogen-bond donors (Lipinski definition) is 2. The van der Waals surface area contributed by atoms with Crippen molar-refractivity contribution in [2.24, 2.45) is 5.92 Å². The fourth-order valence-electron chi connectivity index (χ4n) is 2.72. The zero-order valence-electron chi connectivity index (χ0n) is 15.2. The van der Waals surface area contributed by atoms with Crippen LogP contribution in [0.4, 0.5) is 5.69 Å². The number of ketones is 1. The van der Waals surface area contributed by atoms with Crippen LogP contribution in [-0.2, 0) is 4.79 Å². The van der Waals surface area contributed by atoms with Crippen LogP contribution in [-0.4, -0.2) is 17.7 Å². The third-order valence-corrected chi connectivity index (χ3v) is 4.21. The molecule has 1 amide bonds. The van der Waals surface area contributed by atoms with E-state index in [4.69, 9.17) is 0 Å². The second kappa shape index (κ2) is 8.58. The number of amides is 1. The molecule has 2 aromatic rings. The Kier molecular flexibility index (Phi) is 6.48. The fourth-order valence-corrected chi connectivity index (χ4v) is 2.72. The largest absolute Gasteiger partial charge is 0.325 e. The van der Waals surface area contributed by atoms with Gasteiger partial charge in [-0.15, -0.1) is 0 Å². The van der Waals surface area contributed by atoms with Crippen LogP contribution in [0.2, 0.25) is 0 Å². The normalized spacial score (nSPS) is 13.3. The van der Waals surface area contributed by atoms with E-state index in [0.717, 1.165) is 0 Å². The van der Waals surface area contributed by atoms with E-state index in [1.807, 2.05) is 25.1 Å². The molecule has 0 aliphatic rings. The summed E-state index contributed by atoms with van der Waals surface area (Å²) in [5.41, 5.74) is 2.49. The van der Waals surface area contributed by atoms with Gasteiger partial charge in [0.2, 0.25) is 5.91 Å². The smallest absolute Gasteiger partial charge is 0.241 e. The summed E-state index contributed by atoms with van der Waals surface area (Å²) in [7, 11) is 0. The summed E-state index contributed by atoms with van der Waals surface area (Å²) in [5, 5.41) is 6.31. The number of rotatable bonds is 7. The summed E-state index contributed by atoms with van der Waals surface area (Å²) < 4.78 is 0. The van der Waals surface area contributed by atoms with Crippen LogP contribution in [0.5, 0.6) is 0 Å². The van der Waals surface area contributed by atoms with Gasteiger partial charge in [0.25, 0.3) is 0 Å². The first-order valence-corrected chi connectivity index (χ1v) is 8.61. The van der Waals surface area contributed by atoms with Gasteiger partial charge >= 0.3 is 0 Å². The Hall–Kier alpha value is -2.46. The van der Waals surface area contributed by atoms with Crippen molar-refractivity contribution < 1.29 is 9.59 Å². The third-order valence-electron chi connectivity index (χ3n) is 4.21. The molecule has 0 spiro atoms. The molecule has 0 bridgehead atoms. The van der Waals surface area contributed by atoms with Crippen molar-refractivity contribution in [3.05, 3.63) is 65.7 Å². The molecule has 0 saturated heterocycles. The summed E-state index contributed by atoms with van der Waals surface area (Å²) >= 11 is 0. The van der Waals surface area contributed by atoms with E-state index in [9.17, 15) is 9.59 Å². The molecule has 132 valence electrons. The van der Waals surface area contributed by atoms with Gasteiger partial charge in [-0.05, 0) is 49.6 Å². The van der Waals surface area contributed by atoms with Crippen molar-refractivity contribution in [3.8, 4) is 0 Å². The average Bonchev–Trinajstić information content (AvgIpc) is 2.60. The number of nitrogens with one attached hydrogen (secondary N) is 2. The molecular weight excluding hydrogens is 312 g/mol. The van der Waals surface area contributed by atoms with Crippen LogP contribution < -0.4 is 10.6 Å². The van der Waals surface area contributed by atoms with E-state index in [2.05, 4.69) is 36.6 Å². The van der Waals surface area contributed by atoms with Gasteiger partial charge in [-0.1, -0.05) is 44.2 Å². The minimum atomic E-state index is -0.347. The number of hydrogen-bond acceptors (Lipinski definition) is 3. The molecule has 0 aromatic heterocycles. The van der Waals surface area contributed by atoms with Gasteiger partial charge in [-0.25, -0.2) is 0 Å². The molecule has 0 aliphatic carbocycles. The van der Waals surface area contributed by atoms with Crippen LogP contribution in [0.15, 0.2) is 54.6 Å². The SMILES string of the molecule is CC(=O)c1ccc(NC(=O)[C@@H](C)N[C@H](c2ccccc2)C(C)C)cc1. The number of carbonyl (C=O) groups excluding carboxylic acids is 2. The highest BCUT2D eigenvalue weighted by atomic mass is 16.2. The zero-order valence-corrected chi connectivity index (χ0v) is 15.2. The minimum absolute atomic E-state index is 0.00977. The van der Waals surface area contributed by atoms with Gasteiger partial charge < -0.3 is 5.32 Å². The molecule has 2 atom stereocenters. The molecule has 0 aliphatic heterocycles. The van der Waals surface area contributed by atoms with Gasteiger partial charge in [0.15, 0.2) is 5.78 Å². The van der Waals surface area contributed by atoms with Crippen molar-refractivity contribution in [3.63, 3.8) is 0 Å². The molecule has 4 nitrogen and oxygen atoms in total. The fraction of sp³-hybridized carbons (Fsp3) is 0.333. The summed E-state index contributed by atoms with van der Waals surface area (Å²) in [4.78, 5) is 23.8. The molecule has 4 heteroatoms. The molecule has 25 heavy (non-hydrogen) atoms. The lowest BCUT2D eigenvalue weighted by Crippen LogP contribution is -2.41. The standard InChI is InChI=1S/C21H26N2O2/c1-14(2)20(18-8-6-5-7-9-18)22-15(3)21(25)23-19-12-10-17(11-13-19)16(4)24/h5-15,20,22H,1-4H3,(H,23,25)/t15-,20+/m1/s1. The predicted octanol–water partition coefficient (Wildman–Crippen LogP) is 4.20. The topological polar surface area (TPSA) is 58.2 Å². The molecule has 2 aromatic carbocycles. The highest BCUT2D eigenvalue weighted by Crippen LogP contribution is 2.22. The first kappa shape index (κ1) is 18.9. The van der Waals surface area contributed by atoms with Crippen molar-refractivity contribution >= 4 is 17.4 Å². The number of Topliss-reactive ketones (excluding diaryl/α,β-unsaturated/α-hetero) is 1. The van der Waals surface area contributed by atoms with Crippen LogP contribution in [0.1, 0.15) is 49.7 Å². The monoisotopic (exact) mass is 338 g/mol. The second-order valence-corrected chi connectivity index (χ2v) is 6.64. The molecule has 0 heterocycles. The zero-order chi connectivity index (χ0) is 18.4. The van der Waals surface area contributed by atoms with Gasteiger partial charge in [0, 0.05) is 17.3 Å². The van der Waals surface area contributed by atoms with Gasteiger partial charge in [0.1, 0.15) is 0 Å². The van der Waals surface area contributed by atoms with E-state index in [1.165, 1.54) is 12.5 Å². The Morgan fingerprint density at radius 1 is 0.880 bits per heavy atom. The third kappa shape index (κ3) is 5.26. The quantitative estimate of drug-likeness (QED) is 0.744. The molecule has 0 unspecified atom stereocenters. The molecule has 0 fully saturated rings. The van der Waals surface area contributed by atoms with E-state index >= 15 is 0 Å². The highest BCUT2D eigenvalue weighted by molar-refractivity contribution is 5.97. The molecule has 0 radical (unpaired) electrons. The Morgan fingerprint density at radius 3 is 2.00 bits per heavy atom. The molecular formula is C21H26N2O2. The molecule has 0 saturated carbocycles. The maximum absolute atomic E-state index is 12.5. The van der Waals surface area contributed by atoms with Crippen LogP contribution in [0.3, 0.4) is 0 Å². The van der Waals surface area contributed by atoms with Crippen molar-refractivity contribution in [1.82, 2.24) is 5.32 Å². The predicted molar refractivity (Wildman–Crippen MR) is 102 cm³/mol. The van der Waals surface area contributed by atoms with Crippen LogP contribution in [0.25, 0.3) is 0 Å². The Bertz CT molecular complexity index is 708. The summed E-state index contributed by atoms with van der Waals surface area (Å²) in [5.74, 6) is 0.264. The van der Waals surface area contributed by atoms with E-state index < -0.39 is 0 Å². The van der Waals surface area contributed by atoms with E-state index in [0.29, 0.717) is 17.2 Å². The van der Waals surface area contributed by atoms with Gasteiger partial charge in [-0.3, -0.25) is 14.9 Å². The Morgan fingerprint density at radius 2 is 1.48 bits per heavy atom. The molecule has 2 rings (SSSR count). The number of anilines is 1.